The molecule has 0 radical (unpaired) electrons. The zero-order chi connectivity index (χ0) is 14.7. The van der Waals surface area contributed by atoms with E-state index >= 15 is 0 Å². The molecule has 8 heteroatoms. The number of nitrogens with one attached hydrogen (secondary N) is 1. The number of amides is 1. The molecular formula is C13H17BrClN3O3. The maximum absolute atomic E-state index is 12.2. The van der Waals surface area contributed by atoms with E-state index < -0.39 is 4.92 Å². The van der Waals surface area contributed by atoms with E-state index in [2.05, 4.69) is 21.2 Å². The number of benzene rings is 1. The second-order valence-corrected chi connectivity index (χ2v) is 5.76. The standard InChI is InChI=1S/C13H16BrN3O3.ClH/c1-9-8-16(5-4-15-9)13(18)6-10-2-3-11(17(19)20)7-12(10)14;/h2-3,7,9,15H,4-6,8H2,1H3;1H. The van der Waals surface area contributed by atoms with Gasteiger partial charge in [-0.1, -0.05) is 22.0 Å². The first-order valence-corrected chi connectivity index (χ1v) is 7.20. The number of nitro benzene ring substituents is 1. The minimum Gasteiger partial charge on any atom is -0.340 e. The van der Waals surface area contributed by atoms with Gasteiger partial charge in [0.2, 0.25) is 5.91 Å². The van der Waals surface area contributed by atoms with Crippen LogP contribution in [0.1, 0.15) is 12.5 Å². The molecule has 1 aromatic carbocycles. The number of carbonyl (C=O) groups excluding carboxylic acids is 1. The molecule has 1 atom stereocenters. The Hall–Kier alpha value is -1.18. The third-order valence-electron chi connectivity index (χ3n) is 3.31. The molecule has 0 bridgehead atoms. The van der Waals surface area contributed by atoms with E-state index in [1.807, 2.05) is 11.8 Å². The summed E-state index contributed by atoms with van der Waals surface area (Å²) >= 11 is 3.29. The predicted molar refractivity (Wildman–Crippen MR) is 85.8 cm³/mol. The van der Waals surface area contributed by atoms with Gasteiger partial charge in [-0.05, 0) is 12.5 Å². The Morgan fingerprint density at radius 1 is 1.57 bits per heavy atom. The van der Waals surface area contributed by atoms with Crippen LogP contribution in [0.5, 0.6) is 0 Å². The molecule has 1 N–H and O–H groups in total. The Labute approximate surface area is 137 Å². The van der Waals surface area contributed by atoms with Crippen LogP contribution in [0.4, 0.5) is 5.69 Å². The Morgan fingerprint density at radius 3 is 2.86 bits per heavy atom. The van der Waals surface area contributed by atoms with Crippen LogP contribution in [0.15, 0.2) is 22.7 Å². The lowest BCUT2D eigenvalue weighted by atomic mass is 10.1. The molecule has 1 aliphatic rings. The summed E-state index contributed by atoms with van der Waals surface area (Å²) < 4.78 is 0.600. The lowest BCUT2D eigenvalue weighted by Gasteiger charge is -2.32. The maximum Gasteiger partial charge on any atom is 0.270 e. The number of non-ortho nitro benzene ring substituents is 1. The molecule has 1 fully saturated rings. The van der Waals surface area contributed by atoms with Gasteiger partial charge in [0.15, 0.2) is 0 Å². The van der Waals surface area contributed by atoms with E-state index in [1.165, 1.54) is 12.1 Å². The average molecular weight is 379 g/mol. The second-order valence-electron chi connectivity index (χ2n) is 4.90. The zero-order valence-corrected chi connectivity index (χ0v) is 13.9. The molecule has 1 saturated heterocycles. The van der Waals surface area contributed by atoms with Crippen LogP contribution in [0.2, 0.25) is 0 Å². The summed E-state index contributed by atoms with van der Waals surface area (Å²) in [5, 5.41) is 14.0. The summed E-state index contributed by atoms with van der Waals surface area (Å²) in [6.45, 7) is 4.24. The van der Waals surface area contributed by atoms with Gasteiger partial charge in [-0.25, -0.2) is 0 Å². The minimum atomic E-state index is -0.450. The van der Waals surface area contributed by atoms with Crippen LogP contribution in [-0.2, 0) is 11.2 Å². The third-order valence-corrected chi connectivity index (χ3v) is 4.05. The van der Waals surface area contributed by atoms with E-state index in [-0.39, 0.29) is 30.4 Å². The van der Waals surface area contributed by atoms with E-state index in [4.69, 9.17) is 0 Å². The average Bonchev–Trinajstić information content (AvgIpc) is 2.40. The summed E-state index contributed by atoms with van der Waals surface area (Å²) in [4.78, 5) is 24.3. The van der Waals surface area contributed by atoms with Crippen molar-refractivity contribution in [2.24, 2.45) is 0 Å². The molecule has 0 spiro atoms. The van der Waals surface area contributed by atoms with E-state index in [9.17, 15) is 14.9 Å². The molecular weight excluding hydrogens is 362 g/mol. The molecule has 21 heavy (non-hydrogen) atoms. The van der Waals surface area contributed by atoms with Crippen molar-refractivity contribution in [2.75, 3.05) is 19.6 Å². The molecule has 0 aliphatic carbocycles. The monoisotopic (exact) mass is 377 g/mol. The van der Waals surface area contributed by atoms with Crippen molar-refractivity contribution < 1.29 is 9.72 Å². The number of piperazine rings is 1. The van der Waals surface area contributed by atoms with Gasteiger partial charge >= 0.3 is 0 Å². The van der Waals surface area contributed by atoms with Gasteiger partial charge in [-0.2, -0.15) is 0 Å². The summed E-state index contributed by atoms with van der Waals surface area (Å²) in [6, 6.07) is 4.79. The first kappa shape index (κ1) is 17.9. The van der Waals surface area contributed by atoms with Crippen LogP contribution in [-0.4, -0.2) is 41.4 Å². The molecule has 0 aromatic heterocycles. The van der Waals surface area contributed by atoms with Gasteiger partial charge in [-0.15, -0.1) is 12.4 Å². The first-order valence-electron chi connectivity index (χ1n) is 6.41. The van der Waals surface area contributed by atoms with Gasteiger partial charge in [0.25, 0.3) is 5.69 Å². The van der Waals surface area contributed by atoms with Gasteiger partial charge < -0.3 is 10.2 Å². The first-order chi connectivity index (χ1) is 9.47. The Bertz CT molecular complexity index is 541. The molecule has 1 unspecified atom stereocenters. The SMILES string of the molecule is CC1CN(C(=O)Cc2ccc([N+](=O)[O-])cc2Br)CCN1.Cl. The number of halogens is 2. The van der Waals surface area contributed by atoms with Gasteiger partial charge in [-0.3, -0.25) is 14.9 Å². The quantitative estimate of drug-likeness (QED) is 0.646. The molecule has 116 valence electrons. The Morgan fingerprint density at radius 2 is 2.29 bits per heavy atom. The number of hydrogen-bond acceptors (Lipinski definition) is 4. The zero-order valence-electron chi connectivity index (χ0n) is 11.5. The number of hydrogen-bond donors (Lipinski definition) is 1. The third kappa shape index (κ3) is 4.66. The Balaban J connectivity index is 0.00000220. The topological polar surface area (TPSA) is 75.5 Å². The molecule has 0 saturated carbocycles. The van der Waals surface area contributed by atoms with E-state index in [1.54, 1.807) is 6.07 Å². The van der Waals surface area contributed by atoms with Gasteiger partial charge in [0.05, 0.1) is 11.3 Å². The summed E-state index contributed by atoms with van der Waals surface area (Å²) in [6.07, 6.45) is 0.255. The second kappa shape index (κ2) is 7.72. The summed E-state index contributed by atoms with van der Waals surface area (Å²) in [5.74, 6) is 0.0490. The van der Waals surface area contributed by atoms with Crippen LogP contribution in [0.25, 0.3) is 0 Å². The number of nitro groups is 1. The lowest BCUT2D eigenvalue weighted by molar-refractivity contribution is -0.384. The highest BCUT2D eigenvalue weighted by Crippen LogP contribution is 2.23. The normalized spacial score (nSPS) is 18.0. The fourth-order valence-electron chi connectivity index (χ4n) is 2.23. The van der Waals surface area contributed by atoms with Crippen molar-refractivity contribution in [3.63, 3.8) is 0 Å². The van der Waals surface area contributed by atoms with Crippen LogP contribution < -0.4 is 5.32 Å². The van der Waals surface area contributed by atoms with Crippen LogP contribution in [0, 0.1) is 10.1 Å². The molecule has 2 rings (SSSR count). The predicted octanol–water partition coefficient (Wildman–Crippen LogP) is 2.14. The highest BCUT2D eigenvalue weighted by molar-refractivity contribution is 9.10. The lowest BCUT2D eigenvalue weighted by Crippen LogP contribution is -2.51. The minimum absolute atomic E-state index is 0. The molecule has 1 aliphatic heterocycles. The van der Waals surface area contributed by atoms with Crippen molar-refractivity contribution in [1.29, 1.82) is 0 Å². The van der Waals surface area contributed by atoms with E-state index in [0.717, 1.165) is 12.1 Å². The number of rotatable bonds is 3. The van der Waals surface area contributed by atoms with Crippen molar-refractivity contribution in [1.82, 2.24) is 10.2 Å². The van der Waals surface area contributed by atoms with Crippen molar-refractivity contribution in [3.05, 3.63) is 38.3 Å². The highest BCUT2D eigenvalue weighted by atomic mass is 79.9. The smallest absolute Gasteiger partial charge is 0.270 e. The van der Waals surface area contributed by atoms with Crippen LogP contribution in [0.3, 0.4) is 0 Å². The van der Waals surface area contributed by atoms with Crippen molar-refractivity contribution >= 4 is 39.9 Å². The van der Waals surface area contributed by atoms with Crippen LogP contribution >= 0.6 is 28.3 Å². The molecule has 1 heterocycles. The fourth-order valence-corrected chi connectivity index (χ4v) is 2.73. The highest BCUT2D eigenvalue weighted by Gasteiger charge is 2.21. The van der Waals surface area contributed by atoms with Gasteiger partial charge in [0, 0.05) is 42.3 Å². The molecule has 1 amide bonds. The molecule has 6 nitrogen and oxygen atoms in total. The fraction of sp³-hybridized carbons (Fsp3) is 0.462. The van der Waals surface area contributed by atoms with Crippen molar-refractivity contribution in [3.8, 4) is 0 Å². The molecule has 1 aromatic rings. The summed E-state index contributed by atoms with van der Waals surface area (Å²) in [7, 11) is 0. The Kier molecular flexibility index (Phi) is 6.57. The largest absolute Gasteiger partial charge is 0.340 e. The number of nitrogens with zero attached hydrogens (tertiary/aromatic N) is 2. The summed E-state index contributed by atoms with van der Waals surface area (Å²) in [5.41, 5.74) is 0.788. The maximum atomic E-state index is 12.2. The van der Waals surface area contributed by atoms with Crippen molar-refractivity contribution in [2.45, 2.75) is 19.4 Å². The van der Waals surface area contributed by atoms with E-state index in [0.29, 0.717) is 23.6 Å². The number of carbonyl (C=O) groups is 1. The van der Waals surface area contributed by atoms with Gasteiger partial charge in [0.1, 0.15) is 0 Å².